The minimum atomic E-state index is -0.948. The Bertz CT molecular complexity index is 849. The summed E-state index contributed by atoms with van der Waals surface area (Å²) < 4.78 is 0. The van der Waals surface area contributed by atoms with E-state index < -0.39 is 5.97 Å². The molecule has 0 atom stereocenters. The van der Waals surface area contributed by atoms with E-state index >= 15 is 0 Å². The highest BCUT2D eigenvalue weighted by Gasteiger charge is 2.07. The van der Waals surface area contributed by atoms with E-state index in [0.717, 1.165) is 23.4 Å². The second-order valence-corrected chi connectivity index (χ2v) is 5.17. The lowest BCUT2D eigenvalue weighted by Crippen LogP contribution is -2.01. The molecule has 6 heteroatoms. The number of carbonyl (C=O) groups is 1. The molecule has 0 saturated heterocycles. The molecule has 3 rings (SSSR count). The zero-order chi connectivity index (χ0) is 16.9. The number of carboxylic acids is 1. The Morgan fingerprint density at radius 3 is 2.58 bits per heavy atom. The summed E-state index contributed by atoms with van der Waals surface area (Å²) in [7, 11) is 0. The second kappa shape index (κ2) is 6.87. The molecular weight excluding hydrogens is 304 g/mol. The van der Waals surface area contributed by atoms with E-state index in [1.807, 2.05) is 25.1 Å². The van der Waals surface area contributed by atoms with Crippen molar-refractivity contribution in [1.29, 1.82) is 0 Å². The molecule has 0 aliphatic heterocycles. The van der Waals surface area contributed by atoms with Crippen molar-refractivity contribution in [1.82, 2.24) is 15.0 Å². The molecule has 6 nitrogen and oxygen atoms in total. The van der Waals surface area contributed by atoms with E-state index in [2.05, 4.69) is 20.3 Å². The standard InChI is InChI=1S/C18H16N4O2/c1-2-14-10-16(20-15-7-5-12(6-8-15)18(23)24)22-17(21-14)13-4-3-9-19-11-13/h3-11H,2H2,1H3,(H,23,24)(H,20,21,22). The summed E-state index contributed by atoms with van der Waals surface area (Å²) in [4.78, 5) is 24.1. The molecule has 0 aliphatic carbocycles. The summed E-state index contributed by atoms with van der Waals surface area (Å²) in [5, 5.41) is 12.1. The summed E-state index contributed by atoms with van der Waals surface area (Å²) in [6, 6.07) is 12.2. The fraction of sp³-hybridized carbons (Fsp3) is 0.111. The number of aromatic nitrogens is 3. The largest absolute Gasteiger partial charge is 0.478 e. The average molecular weight is 320 g/mol. The van der Waals surface area contributed by atoms with Crippen molar-refractivity contribution in [2.24, 2.45) is 0 Å². The molecule has 3 aromatic rings. The van der Waals surface area contributed by atoms with Gasteiger partial charge in [-0.25, -0.2) is 14.8 Å². The van der Waals surface area contributed by atoms with Crippen LogP contribution in [0.3, 0.4) is 0 Å². The van der Waals surface area contributed by atoms with Gasteiger partial charge < -0.3 is 10.4 Å². The highest BCUT2D eigenvalue weighted by Crippen LogP contribution is 2.21. The fourth-order valence-corrected chi connectivity index (χ4v) is 2.21. The van der Waals surface area contributed by atoms with E-state index in [1.54, 1.807) is 36.7 Å². The number of benzene rings is 1. The maximum absolute atomic E-state index is 10.9. The van der Waals surface area contributed by atoms with Gasteiger partial charge in [0.1, 0.15) is 5.82 Å². The molecule has 2 heterocycles. The lowest BCUT2D eigenvalue weighted by atomic mass is 10.2. The summed E-state index contributed by atoms with van der Waals surface area (Å²) >= 11 is 0. The van der Waals surface area contributed by atoms with Crippen molar-refractivity contribution in [2.75, 3.05) is 5.32 Å². The van der Waals surface area contributed by atoms with Crippen LogP contribution in [0.1, 0.15) is 23.0 Å². The Labute approximate surface area is 139 Å². The summed E-state index contributed by atoms with van der Waals surface area (Å²) in [6.45, 7) is 2.03. The number of aromatic carboxylic acids is 1. The minimum Gasteiger partial charge on any atom is -0.478 e. The number of nitrogens with one attached hydrogen (secondary N) is 1. The highest BCUT2D eigenvalue weighted by atomic mass is 16.4. The van der Waals surface area contributed by atoms with Crippen molar-refractivity contribution in [2.45, 2.75) is 13.3 Å². The predicted molar refractivity (Wildman–Crippen MR) is 91.3 cm³/mol. The lowest BCUT2D eigenvalue weighted by molar-refractivity contribution is 0.0697. The first-order chi connectivity index (χ1) is 11.7. The first-order valence-electron chi connectivity index (χ1n) is 7.54. The molecule has 0 unspecified atom stereocenters. The predicted octanol–water partition coefficient (Wildman–Crippen LogP) is 3.54. The van der Waals surface area contributed by atoms with Crippen molar-refractivity contribution in [3.63, 3.8) is 0 Å². The van der Waals surface area contributed by atoms with Crippen LogP contribution in [0.15, 0.2) is 54.9 Å². The molecule has 0 aliphatic rings. The Morgan fingerprint density at radius 2 is 1.96 bits per heavy atom. The third-order valence-electron chi connectivity index (χ3n) is 3.47. The molecule has 1 aromatic carbocycles. The second-order valence-electron chi connectivity index (χ2n) is 5.17. The average Bonchev–Trinajstić information content (AvgIpc) is 2.62. The van der Waals surface area contributed by atoms with Crippen molar-refractivity contribution >= 4 is 17.5 Å². The van der Waals surface area contributed by atoms with Gasteiger partial charge in [-0.3, -0.25) is 4.98 Å². The Hall–Kier alpha value is -3.28. The molecule has 0 fully saturated rings. The lowest BCUT2D eigenvalue weighted by Gasteiger charge is -2.09. The van der Waals surface area contributed by atoms with Gasteiger partial charge in [0.2, 0.25) is 0 Å². The van der Waals surface area contributed by atoms with Crippen LogP contribution in [-0.4, -0.2) is 26.0 Å². The molecule has 24 heavy (non-hydrogen) atoms. The van der Waals surface area contributed by atoms with E-state index in [4.69, 9.17) is 5.11 Å². The van der Waals surface area contributed by atoms with E-state index in [1.165, 1.54) is 0 Å². The van der Waals surface area contributed by atoms with Crippen molar-refractivity contribution in [3.05, 3.63) is 66.1 Å². The van der Waals surface area contributed by atoms with Crippen molar-refractivity contribution in [3.8, 4) is 11.4 Å². The van der Waals surface area contributed by atoms with Crippen LogP contribution in [0.5, 0.6) is 0 Å². The van der Waals surface area contributed by atoms with Gasteiger partial charge in [-0.1, -0.05) is 6.92 Å². The van der Waals surface area contributed by atoms with Gasteiger partial charge in [-0.2, -0.15) is 0 Å². The zero-order valence-electron chi connectivity index (χ0n) is 13.1. The van der Waals surface area contributed by atoms with Crippen LogP contribution in [0.25, 0.3) is 11.4 Å². The van der Waals surface area contributed by atoms with Gasteiger partial charge in [0.15, 0.2) is 5.82 Å². The Kier molecular flexibility index (Phi) is 4.47. The van der Waals surface area contributed by atoms with Crippen LogP contribution >= 0.6 is 0 Å². The summed E-state index contributed by atoms with van der Waals surface area (Å²) in [6.07, 6.45) is 4.21. The number of hydrogen-bond donors (Lipinski definition) is 2. The number of hydrogen-bond acceptors (Lipinski definition) is 5. The van der Waals surface area contributed by atoms with Gasteiger partial charge in [0.25, 0.3) is 0 Å². The first kappa shape index (κ1) is 15.6. The van der Waals surface area contributed by atoms with Crippen LogP contribution in [0.2, 0.25) is 0 Å². The third kappa shape index (κ3) is 3.55. The number of anilines is 2. The maximum Gasteiger partial charge on any atom is 0.335 e. The third-order valence-corrected chi connectivity index (χ3v) is 3.47. The molecule has 2 N–H and O–H groups in total. The molecule has 2 aromatic heterocycles. The van der Waals surface area contributed by atoms with Crippen molar-refractivity contribution < 1.29 is 9.90 Å². The number of rotatable bonds is 5. The van der Waals surface area contributed by atoms with E-state index in [-0.39, 0.29) is 5.56 Å². The van der Waals surface area contributed by atoms with Gasteiger partial charge >= 0.3 is 5.97 Å². The Balaban J connectivity index is 1.91. The summed E-state index contributed by atoms with van der Waals surface area (Å²) in [5.74, 6) is 0.312. The first-order valence-corrected chi connectivity index (χ1v) is 7.54. The summed E-state index contributed by atoms with van der Waals surface area (Å²) in [5.41, 5.74) is 2.76. The van der Waals surface area contributed by atoms with Crippen LogP contribution in [0.4, 0.5) is 11.5 Å². The molecule has 120 valence electrons. The zero-order valence-corrected chi connectivity index (χ0v) is 13.1. The molecule has 0 bridgehead atoms. The maximum atomic E-state index is 10.9. The fourth-order valence-electron chi connectivity index (χ4n) is 2.21. The van der Waals surface area contributed by atoms with E-state index in [9.17, 15) is 4.79 Å². The van der Waals surface area contributed by atoms with Gasteiger partial charge in [-0.15, -0.1) is 0 Å². The highest BCUT2D eigenvalue weighted by molar-refractivity contribution is 5.88. The molecular formula is C18H16N4O2. The number of pyridine rings is 1. The normalized spacial score (nSPS) is 10.4. The molecule has 0 amide bonds. The monoisotopic (exact) mass is 320 g/mol. The minimum absolute atomic E-state index is 0.244. The number of aryl methyl sites for hydroxylation is 1. The SMILES string of the molecule is CCc1cc(Nc2ccc(C(=O)O)cc2)nc(-c2cccnc2)n1. The topological polar surface area (TPSA) is 88.0 Å². The van der Waals surface area contributed by atoms with Crippen LogP contribution in [-0.2, 0) is 6.42 Å². The van der Waals surface area contributed by atoms with Crippen LogP contribution in [0, 0.1) is 0 Å². The van der Waals surface area contributed by atoms with Crippen LogP contribution < -0.4 is 5.32 Å². The van der Waals surface area contributed by atoms with E-state index in [0.29, 0.717) is 11.6 Å². The smallest absolute Gasteiger partial charge is 0.335 e. The Morgan fingerprint density at radius 1 is 1.17 bits per heavy atom. The number of carboxylic acid groups (broad SMARTS) is 1. The van der Waals surface area contributed by atoms with Gasteiger partial charge in [-0.05, 0) is 42.8 Å². The molecule has 0 radical (unpaired) electrons. The molecule has 0 saturated carbocycles. The van der Waals surface area contributed by atoms with Gasteiger partial charge in [0.05, 0.1) is 5.56 Å². The quantitative estimate of drug-likeness (QED) is 0.747. The number of nitrogens with zero attached hydrogens (tertiary/aromatic N) is 3. The molecule has 0 spiro atoms. The van der Waals surface area contributed by atoms with Gasteiger partial charge in [0, 0.05) is 35.4 Å².